The van der Waals surface area contributed by atoms with Gasteiger partial charge < -0.3 is 10.1 Å². The number of benzene rings is 3. The number of rotatable bonds is 5. The van der Waals surface area contributed by atoms with Gasteiger partial charge >= 0.3 is 0 Å². The number of ether oxygens (including phenoxy) is 1. The highest BCUT2D eigenvalue weighted by Crippen LogP contribution is 2.38. The molecule has 3 aromatic rings. The first-order valence-electron chi connectivity index (χ1n) is 9.28. The van der Waals surface area contributed by atoms with E-state index in [1.54, 1.807) is 18.2 Å². The SMILES string of the molecule is CN(CCc1ccccc1)S(=O)(=O)c1ccc2c(c1)C(=O)Nc1cc(Cl)ccc1O2. The number of hydrogen-bond acceptors (Lipinski definition) is 4. The third kappa shape index (κ3) is 4.05. The van der Waals surface area contributed by atoms with Crippen LogP contribution in [0.2, 0.25) is 5.02 Å². The molecule has 8 heteroatoms. The van der Waals surface area contributed by atoms with Crippen molar-refractivity contribution in [2.75, 3.05) is 18.9 Å². The van der Waals surface area contributed by atoms with Crippen LogP contribution in [-0.2, 0) is 16.4 Å². The van der Waals surface area contributed by atoms with Gasteiger partial charge in [-0.3, -0.25) is 4.79 Å². The predicted octanol–water partition coefficient (Wildman–Crippen LogP) is 4.56. The number of hydrogen-bond donors (Lipinski definition) is 1. The quantitative estimate of drug-likeness (QED) is 0.628. The maximum Gasteiger partial charge on any atom is 0.259 e. The molecule has 1 heterocycles. The lowest BCUT2D eigenvalue weighted by Crippen LogP contribution is -2.29. The van der Waals surface area contributed by atoms with Crippen LogP contribution < -0.4 is 10.1 Å². The van der Waals surface area contributed by atoms with E-state index in [9.17, 15) is 13.2 Å². The average molecular weight is 443 g/mol. The number of anilines is 1. The van der Waals surface area contributed by atoms with Crippen LogP contribution in [0.4, 0.5) is 5.69 Å². The van der Waals surface area contributed by atoms with Gasteiger partial charge in [-0.1, -0.05) is 41.9 Å². The topological polar surface area (TPSA) is 75.7 Å². The number of carbonyl (C=O) groups excluding carboxylic acids is 1. The maximum atomic E-state index is 13.0. The van der Waals surface area contributed by atoms with E-state index in [0.29, 0.717) is 29.4 Å². The molecule has 1 amide bonds. The number of carbonyl (C=O) groups is 1. The summed E-state index contributed by atoms with van der Waals surface area (Å²) in [6.07, 6.45) is 0.585. The number of nitrogens with one attached hydrogen (secondary N) is 1. The van der Waals surface area contributed by atoms with Crippen LogP contribution in [0.3, 0.4) is 0 Å². The Bertz CT molecular complexity index is 1210. The Hall–Kier alpha value is -2.87. The largest absolute Gasteiger partial charge is 0.454 e. The van der Waals surface area contributed by atoms with Gasteiger partial charge in [0.2, 0.25) is 10.0 Å². The molecular weight excluding hydrogens is 424 g/mol. The molecule has 1 N–H and O–H groups in total. The fourth-order valence-electron chi connectivity index (χ4n) is 3.16. The zero-order chi connectivity index (χ0) is 21.3. The molecule has 1 aliphatic rings. The fourth-order valence-corrected chi connectivity index (χ4v) is 4.53. The highest BCUT2D eigenvalue weighted by Gasteiger charge is 2.26. The normalized spacial score (nSPS) is 13.1. The first kappa shape index (κ1) is 20.4. The molecule has 30 heavy (non-hydrogen) atoms. The molecule has 0 atom stereocenters. The first-order valence-corrected chi connectivity index (χ1v) is 11.1. The summed E-state index contributed by atoms with van der Waals surface area (Å²) in [4.78, 5) is 12.7. The van der Waals surface area contributed by atoms with Crippen LogP contribution >= 0.6 is 11.6 Å². The zero-order valence-electron chi connectivity index (χ0n) is 16.1. The minimum Gasteiger partial charge on any atom is -0.454 e. The lowest BCUT2D eigenvalue weighted by atomic mass is 10.2. The van der Waals surface area contributed by atoms with Crippen molar-refractivity contribution in [1.82, 2.24) is 4.31 Å². The van der Waals surface area contributed by atoms with Gasteiger partial charge in [-0.15, -0.1) is 0 Å². The molecule has 3 aromatic carbocycles. The molecule has 0 fully saturated rings. The van der Waals surface area contributed by atoms with Gasteiger partial charge in [0, 0.05) is 18.6 Å². The second-order valence-electron chi connectivity index (χ2n) is 6.92. The summed E-state index contributed by atoms with van der Waals surface area (Å²) >= 11 is 5.99. The van der Waals surface area contributed by atoms with Gasteiger partial charge in [0.15, 0.2) is 5.75 Å². The molecule has 4 rings (SSSR count). The molecule has 0 spiro atoms. The molecule has 0 radical (unpaired) electrons. The van der Waals surface area contributed by atoms with Crippen molar-refractivity contribution in [2.45, 2.75) is 11.3 Å². The Kier molecular flexibility index (Phi) is 5.51. The second-order valence-corrected chi connectivity index (χ2v) is 9.40. The van der Waals surface area contributed by atoms with Crippen molar-refractivity contribution < 1.29 is 17.9 Å². The Morgan fingerprint density at radius 1 is 1.00 bits per heavy atom. The molecule has 0 aromatic heterocycles. The van der Waals surface area contributed by atoms with Crippen molar-refractivity contribution >= 4 is 33.2 Å². The standard InChI is InChI=1S/C22H19ClN2O4S/c1-25(12-11-15-5-3-2-4-6-15)30(27,28)17-8-10-20-18(14-17)22(26)24-19-13-16(23)7-9-21(19)29-20/h2-10,13-14H,11-12H2,1H3,(H,24,26). The number of amides is 1. The van der Waals surface area contributed by atoms with Crippen LogP contribution in [0, 0.1) is 0 Å². The van der Waals surface area contributed by atoms with E-state index in [1.807, 2.05) is 30.3 Å². The van der Waals surface area contributed by atoms with Crippen molar-refractivity contribution in [3.05, 3.63) is 82.9 Å². The minimum atomic E-state index is -3.78. The highest BCUT2D eigenvalue weighted by molar-refractivity contribution is 7.89. The summed E-state index contributed by atoms with van der Waals surface area (Å²) in [5.41, 5.74) is 1.61. The van der Waals surface area contributed by atoms with Gasteiger partial charge in [0.1, 0.15) is 5.75 Å². The number of likely N-dealkylation sites (N-methyl/N-ethyl adjacent to an activating group) is 1. The second kappa shape index (κ2) is 8.10. The summed E-state index contributed by atoms with van der Waals surface area (Å²) in [7, 11) is -2.25. The van der Waals surface area contributed by atoms with E-state index in [2.05, 4.69) is 5.32 Å². The van der Waals surface area contributed by atoms with Crippen molar-refractivity contribution in [3.63, 3.8) is 0 Å². The van der Waals surface area contributed by atoms with Crippen molar-refractivity contribution in [1.29, 1.82) is 0 Å². The van der Waals surface area contributed by atoms with Gasteiger partial charge in [-0.05, 0) is 48.4 Å². The van der Waals surface area contributed by atoms with Gasteiger partial charge in [-0.25, -0.2) is 12.7 Å². The van der Waals surface area contributed by atoms with Gasteiger partial charge in [0.25, 0.3) is 5.91 Å². The zero-order valence-corrected chi connectivity index (χ0v) is 17.7. The highest BCUT2D eigenvalue weighted by atomic mass is 35.5. The van der Waals surface area contributed by atoms with Crippen LogP contribution in [0.1, 0.15) is 15.9 Å². The van der Waals surface area contributed by atoms with Crippen LogP contribution in [-0.4, -0.2) is 32.2 Å². The summed E-state index contributed by atoms with van der Waals surface area (Å²) in [5, 5.41) is 3.17. The molecule has 6 nitrogen and oxygen atoms in total. The monoisotopic (exact) mass is 442 g/mol. The Morgan fingerprint density at radius 3 is 2.50 bits per heavy atom. The van der Waals surface area contributed by atoms with Crippen LogP contribution in [0.5, 0.6) is 11.5 Å². The number of nitrogens with zero attached hydrogens (tertiary/aromatic N) is 1. The van der Waals surface area contributed by atoms with Crippen molar-refractivity contribution in [2.24, 2.45) is 0 Å². The molecule has 0 aliphatic carbocycles. The van der Waals surface area contributed by atoms with Crippen LogP contribution in [0.25, 0.3) is 0 Å². The summed E-state index contributed by atoms with van der Waals surface area (Å²) in [6.45, 7) is 0.316. The third-order valence-corrected chi connectivity index (χ3v) is 6.96. The molecular formula is C22H19ClN2O4S. The molecule has 0 bridgehead atoms. The average Bonchev–Trinajstić information content (AvgIpc) is 2.87. The Labute approximate surface area is 180 Å². The maximum absolute atomic E-state index is 13.0. The number of halogens is 1. The summed E-state index contributed by atoms with van der Waals surface area (Å²) in [5.74, 6) is 0.247. The molecule has 154 valence electrons. The van der Waals surface area contributed by atoms with Crippen molar-refractivity contribution in [3.8, 4) is 11.5 Å². The van der Waals surface area contributed by atoms with Gasteiger partial charge in [-0.2, -0.15) is 0 Å². The van der Waals surface area contributed by atoms with E-state index in [-0.39, 0.29) is 16.2 Å². The summed E-state index contributed by atoms with van der Waals surface area (Å²) < 4.78 is 33.2. The van der Waals surface area contributed by atoms with E-state index in [0.717, 1.165) is 5.56 Å². The minimum absolute atomic E-state index is 0.0274. The van der Waals surface area contributed by atoms with E-state index in [4.69, 9.17) is 16.3 Å². The lowest BCUT2D eigenvalue weighted by Gasteiger charge is -2.18. The van der Waals surface area contributed by atoms with E-state index >= 15 is 0 Å². The smallest absolute Gasteiger partial charge is 0.259 e. The lowest BCUT2D eigenvalue weighted by molar-refractivity contribution is 0.102. The molecule has 0 saturated carbocycles. The third-order valence-electron chi connectivity index (χ3n) is 4.87. The Balaban J connectivity index is 1.60. The molecule has 0 saturated heterocycles. The first-order chi connectivity index (χ1) is 14.3. The van der Waals surface area contributed by atoms with E-state index < -0.39 is 15.9 Å². The summed E-state index contributed by atoms with van der Waals surface area (Å²) in [6, 6.07) is 18.8. The fraction of sp³-hybridized carbons (Fsp3) is 0.136. The molecule has 0 unspecified atom stereocenters. The molecule has 1 aliphatic heterocycles. The number of fused-ring (bicyclic) bond motifs is 2. The predicted molar refractivity (Wildman–Crippen MR) is 116 cm³/mol. The Morgan fingerprint density at radius 2 is 1.73 bits per heavy atom. The number of sulfonamides is 1. The van der Waals surface area contributed by atoms with Gasteiger partial charge in [0.05, 0.1) is 16.1 Å². The van der Waals surface area contributed by atoms with Crippen LogP contribution in [0.15, 0.2) is 71.6 Å². The van der Waals surface area contributed by atoms with E-state index in [1.165, 1.54) is 29.6 Å².